The molecular weight excluding hydrogens is 435 g/mol. The lowest BCUT2D eigenvalue weighted by Crippen LogP contribution is -2.49. The minimum atomic E-state index is -2.96. The summed E-state index contributed by atoms with van der Waals surface area (Å²) >= 11 is 0. The van der Waals surface area contributed by atoms with E-state index in [0.29, 0.717) is 37.0 Å². The molecule has 1 aliphatic heterocycles. The molecule has 10 heteroatoms. The van der Waals surface area contributed by atoms with Crippen molar-refractivity contribution in [2.24, 2.45) is 11.5 Å². The predicted molar refractivity (Wildman–Crippen MR) is 119 cm³/mol. The van der Waals surface area contributed by atoms with Crippen LogP contribution in [-0.4, -0.2) is 46.6 Å². The molecule has 0 atom stereocenters. The number of H-pyrrole nitrogens is 1. The van der Waals surface area contributed by atoms with Crippen LogP contribution in [0.4, 0.5) is 8.78 Å². The molecule has 2 fully saturated rings. The molecule has 3 aromatic rings. The van der Waals surface area contributed by atoms with Gasteiger partial charge >= 0.3 is 0 Å². The Balaban J connectivity index is 1.56. The van der Waals surface area contributed by atoms with E-state index in [0.717, 1.165) is 6.07 Å². The molecule has 0 unspecified atom stereocenters. The van der Waals surface area contributed by atoms with E-state index >= 15 is 0 Å². The van der Waals surface area contributed by atoms with Crippen molar-refractivity contribution in [1.82, 2.24) is 15.1 Å². The Kier molecular flexibility index (Phi) is 5.05. The van der Waals surface area contributed by atoms with Gasteiger partial charge in [0.1, 0.15) is 30.1 Å². The van der Waals surface area contributed by atoms with E-state index in [1.807, 2.05) is 0 Å². The van der Waals surface area contributed by atoms with Crippen molar-refractivity contribution in [3.63, 3.8) is 0 Å². The smallest absolute Gasteiger partial charge is 0.272 e. The highest BCUT2D eigenvalue weighted by molar-refractivity contribution is 7.71. The normalized spacial score (nSPS) is 19.4. The molecule has 32 heavy (non-hydrogen) atoms. The highest BCUT2D eigenvalue weighted by Gasteiger charge is 2.39. The Morgan fingerprint density at radius 1 is 1.06 bits per heavy atom. The number of hydrogen-bond acceptors (Lipinski definition) is 6. The highest BCUT2D eigenvalue weighted by atomic mass is 31.2. The standard InChI is InChI=1S/C22H24F2N5O2P/c23-14-2-5-16-17(12-14)21(30)28-27-20(16)22(25,26)13-1-6-18(24)19(11-13)32(31)9-7-29(8-10-32)15-3-4-15/h1-2,5-6,11-12,15H,3-4,7-10,25-26H2,(H,28,30). The van der Waals surface area contributed by atoms with Crippen molar-refractivity contribution >= 4 is 23.2 Å². The van der Waals surface area contributed by atoms with Gasteiger partial charge in [-0.15, -0.1) is 0 Å². The van der Waals surface area contributed by atoms with Crippen LogP contribution in [0.15, 0.2) is 41.2 Å². The Morgan fingerprint density at radius 2 is 1.78 bits per heavy atom. The molecule has 0 bridgehead atoms. The Labute approximate surface area is 183 Å². The van der Waals surface area contributed by atoms with Gasteiger partial charge in [0.05, 0.1) is 5.39 Å². The lowest BCUT2D eigenvalue weighted by molar-refractivity contribution is 0.285. The minimum Gasteiger partial charge on any atom is -0.318 e. The summed E-state index contributed by atoms with van der Waals surface area (Å²) in [7, 11) is -2.96. The first-order chi connectivity index (χ1) is 15.2. The Bertz CT molecular complexity index is 1310. The van der Waals surface area contributed by atoms with Gasteiger partial charge in [0.15, 0.2) is 0 Å². The molecule has 2 aliphatic rings. The average molecular weight is 459 g/mol. The van der Waals surface area contributed by atoms with Gasteiger partial charge in [-0.25, -0.2) is 13.9 Å². The van der Waals surface area contributed by atoms with Crippen molar-refractivity contribution in [1.29, 1.82) is 0 Å². The first kappa shape index (κ1) is 21.4. The van der Waals surface area contributed by atoms with Gasteiger partial charge in [0.25, 0.3) is 5.56 Å². The third kappa shape index (κ3) is 3.59. The minimum absolute atomic E-state index is 0.0536. The molecule has 2 heterocycles. The topological polar surface area (TPSA) is 118 Å². The summed E-state index contributed by atoms with van der Waals surface area (Å²) in [6.45, 7) is 1.36. The average Bonchev–Trinajstić information content (AvgIpc) is 3.60. The van der Waals surface area contributed by atoms with E-state index in [-0.39, 0.29) is 21.8 Å². The molecule has 0 radical (unpaired) electrons. The number of benzene rings is 2. The van der Waals surface area contributed by atoms with Gasteiger partial charge in [-0.1, -0.05) is 6.07 Å². The molecule has 1 saturated carbocycles. The van der Waals surface area contributed by atoms with Gasteiger partial charge in [-0.05, 0) is 48.7 Å². The fourth-order valence-corrected chi connectivity index (χ4v) is 7.23. The number of aromatic nitrogens is 2. The molecular formula is C22H24F2N5O2P. The van der Waals surface area contributed by atoms with Crippen LogP contribution in [0.3, 0.4) is 0 Å². The molecule has 1 saturated heterocycles. The van der Waals surface area contributed by atoms with Crippen molar-refractivity contribution in [3.8, 4) is 0 Å². The summed E-state index contributed by atoms with van der Waals surface area (Å²) in [5, 5.41) is 6.81. The first-order valence-corrected chi connectivity index (χ1v) is 12.7. The summed E-state index contributed by atoms with van der Waals surface area (Å²) in [6.07, 6.45) is 3.15. The summed E-state index contributed by atoms with van der Waals surface area (Å²) in [4.78, 5) is 14.4. The lowest BCUT2D eigenvalue weighted by Gasteiger charge is -2.33. The molecule has 5 N–H and O–H groups in total. The van der Waals surface area contributed by atoms with Gasteiger partial charge < -0.3 is 16.0 Å². The third-order valence-electron chi connectivity index (χ3n) is 6.57. The van der Waals surface area contributed by atoms with Gasteiger partial charge in [0, 0.05) is 42.1 Å². The van der Waals surface area contributed by atoms with Crippen molar-refractivity contribution in [2.75, 3.05) is 25.4 Å². The lowest BCUT2D eigenvalue weighted by atomic mass is 9.94. The summed E-state index contributed by atoms with van der Waals surface area (Å²) < 4.78 is 42.2. The number of nitrogens with zero attached hydrogens (tertiary/aromatic N) is 2. The van der Waals surface area contributed by atoms with E-state index in [4.69, 9.17) is 11.5 Å². The van der Waals surface area contributed by atoms with Gasteiger partial charge in [0.2, 0.25) is 0 Å². The molecule has 1 aliphatic carbocycles. The predicted octanol–water partition coefficient (Wildman–Crippen LogP) is 1.79. The first-order valence-electron chi connectivity index (χ1n) is 10.6. The second-order valence-electron chi connectivity index (χ2n) is 8.73. The second kappa shape index (κ2) is 7.56. The van der Waals surface area contributed by atoms with Crippen molar-refractivity contribution in [3.05, 3.63) is 69.6 Å². The molecule has 2 aromatic carbocycles. The van der Waals surface area contributed by atoms with Crippen molar-refractivity contribution in [2.45, 2.75) is 24.5 Å². The number of aromatic amines is 1. The largest absolute Gasteiger partial charge is 0.318 e. The Morgan fingerprint density at radius 3 is 2.47 bits per heavy atom. The molecule has 7 nitrogen and oxygen atoms in total. The zero-order valence-corrected chi connectivity index (χ0v) is 18.2. The van der Waals surface area contributed by atoms with Crippen LogP contribution >= 0.6 is 7.14 Å². The van der Waals surface area contributed by atoms with E-state index in [1.165, 1.54) is 43.2 Å². The fraction of sp³-hybridized carbons (Fsp3) is 0.364. The number of hydrogen-bond donors (Lipinski definition) is 3. The van der Waals surface area contributed by atoms with E-state index in [9.17, 15) is 18.1 Å². The van der Waals surface area contributed by atoms with Crippen LogP contribution < -0.4 is 22.3 Å². The summed E-state index contributed by atoms with van der Waals surface area (Å²) in [5.41, 5.74) is 11.0. The summed E-state index contributed by atoms with van der Waals surface area (Å²) in [5.74, 6) is -1.13. The number of nitrogens with one attached hydrogen (secondary N) is 1. The maximum absolute atomic E-state index is 14.8. The quantitative estimate of drug-likeness (QED) is 0.405. The van der Waals surface area contributed by atoms with Crippen LogP contribution in [0.5, 0.6) is 0 Å². The maximum atomic E-state index is 14.8. The molecule has 0 amide bonds. The molecule has 0 spiro atoms. The zero-order chi connectivity index (χ0) is 22.7. The number of fused-ring (bicyclic) bond motifs is 1. The number of nitrogens with two attached hydrogens (primary N) is 2. The SMILES string of the molecule is NC(N)(c1ccc(F)c(P2(=O)CCN(C3CC3)CC2)c1)c1n[nH]c(=O)c2cc(F)ccc12. The van der Waals surface area contributed by atoms with Crippen molar-refractivity contribution < 1.29 is 13.3 Å². The van der Waals surface area contributed by atoms with Crippen LogP contribution in [0.1, 0.15) is 24.1 Å². The molecule has 1 aromatic heterocycles. The molecule has 168 valence electrons. The van der Waals surface area contributed by atoms with Crippen LogP contribution in [-0.2, 0) is 10.2 Å². The third-order valence-corrected chi connectivity index (χ3v) is 9.63. The molecule has 5 rings (SSSR count). The Hall–Kier alpha value is -2.45. The highest BCUT2D eigenvalue weighted by Crippen LogP contribution is 2.48. The fourth-order valence-electron chi connectivity index (χ4n) is 4.52. The maximum Gasteiger partial charge on any atom is 0.272 e. The van der Waals surface area contributed by atoms with E-state index in [2.05, 4.69) is 15.1 Å². The van der Waals surface area contributed by atoms with Crippen LogP contribution in [0, 0.1) is 11.6 Å². The van der Waals surface area contributed by atoms with Gasteiger partial charge in [-0.3, -0.25) is 9.69 Å². The summed E-state index contributed by atoms with van der Waals surface area (Å²) in [6, 6.07) is 8.34. The van der Waals surface area contributed by atoms with Crippen LogP contribution in [0.25, 0.3) is 10.8 Å². The second-order valence-corrected chi connectivity index (χ2v) is 11.9. The number of rotatable bonds is 4. The van der Waals surface area contributed by atoms with Crippen LogP contribution in [0.2, 0.25) is 0 Å². The van der Waals surface area contributed by atoms with E-state index in [1.54, 1.807) is 0 Å². The van der Waals surface area contributed by atoms with Gasteiger partial charge in [-0.2, -0.15) is 5.10 Å². The number of halogens is 2. The monoisotopic (exact) mass is 459 g/mol. The van der Waals surface area contributed by atoms with E-state index < -0.39 is 30.0 Å². The zero-order valence-electron chi connectivity index (χ0n) is 17.4.